The van der Waals surface area contributed by atoms with Crippen LogP contribution in [0.15, 0.2) is 17.0 Å². The van der Waals surface area contributed by atoms with Gasteiger partial charge in [0.05, 0.1) is 17.1 Å². The molecule has 0 aliphatic heterocycles. The van der Waals surface area contributed by atoms with Crippen molar-refractivity contribution in [1.29, 1.82) is 0 Å². The van der Waals surface area contributed by atoms with Crippen LogP contribution in [0.1, 0.15) is 17.3 Å². The molecule has 0 bridgehead atoms. The molecule has 0 amide bonds. The van der Waals surface area contributed by atoms with Crippen molar-refractivity contribution in [2.24, 2.45) is 0 Å². The molecule has 0 unspecified atom stereocenters. The van der Waals surface area contributed by atoms with Crippen molar-refractivity contribution in [3.05, 3.63) is 23.5 Å². The largest absolute Gasteiger partial charge is 0.492 e. The summed E-state index contributed by atoms with van der Waals surface area (Å²) in [5, 5.41) is 0. The van der Waals surface area contributed by atoms with E-state index in [4.69, 9.17) is 4.74 Å². The molecule has 0 saturated heterocycles. The molecule has 0 aliphatic rings. The summed E-state index contributed by atoms with van der Waals surface area (Å²) >= 11 is 1.36. The van der Waals surface area contributed by atoms with E-state index >= 15 is 0 Å². The van der Waals surface area contributed by atoms with Crippen LogP contribution in [-0.2, 0) is 0 Å². The van der Waals surface area contributed by atoms with Gasteiger partial charge in [-0.3, -0.25) is 4.79 Å². The molecule has 0 heterocycles. The Morgan fingerprint density at radius 1 is 1.57 bits per heavy atom. The van der Waals surface area contributed by atoms with Crippen LogP contribution in [0.3, 0.4) is 0 Å². The highest BCUT2D eigenvalue weighted by Gasteiger charge is 2.10. The predicted molar refractivity (Wildman–Crippen MR) is 54.7 cm³/mol. The second-order valence-corrected chi connectivity index (χ2v) is 3.43. The molecule has 0 aromatic heterocycles. The zero-order chi connectivity index (χ0) is 10.6. The van der Waals surface area contributed by atoms with Crippen LogP contribution in [0, 0.1) is 5.82 Å². The van der Waals surface area contributed by atoms with Gasteiger partial charge in [-0.15, -0.1) is 11.8 Å². The maximum Gasteiger partial charge on any atom is 0.153 e. The summed E-state index contributed by atoms with van der Waals surface area (Å²) in [4.78, 5) is 11.3. The first-order valence-corrected chi connectivity index (χ1v) is 5.41. The molecule has 0 fully saturated rings. The molecule has 4 heteroatoms. The van der Waals surface area contributed by atoms with Gasteiger partial charge in [0, 0.05) is 0 Å². The van der Waals surface area contributed by atoms with Crippen LogP contribution in [0.4, 0.5) is 4.39 Å². The van der Waals surface area contributed by atoms with Crippen molar-refractivity contribution in [3.8, 4) is 5.75 Å². The van der Waals surface area contributed by atoms with Gasteiger partial charge in [0.25, 0.3) is 0 Å². The molecule has 0 spiro atoms. The molecule has 1 aromatic rings. The molecule has 0 N–H and O–H groups in total. The number of hydrogen-bond acceptors (Lipinski definition) is 3. The molecule has 1 rings (SSSR count). The summed E-state index contributed by atoms with van der Waals surface area (Å²) in [7, 11) is 0. The van der Waals surface area contributed by atoms with Crippen LogP contribution in [0.5, 0.6) is 5.75 Å². The summed E-state index contributed by atoms with van der Waals surface area (Å²) in [5.74, 6) is 0.0521. The number of carbonyl (C=O) groups is 1. The van der Waals surface area contributed by atoms with Crippen molar-refractivity contribution in [3.63, 3.8) is 0 Å². The summed E-state index contributed by atoms with van der Waals surface area (Å²) in [5.41, 5.74) is 0.260. The van der Waals surface area contributed by atoms with Crippen molar-refractivity contribution in [1.82, 2.24) is 0 Å². The Balaban J connectivity index is 3.24. The predicted octanol–water partition coefficient (Wildman–Crippen LogP) is 2.76. The first-order chi connectivity index (χ1) is 6.72. The van der Waals surface area contributed by atoms with Crippen molar-refractivity contribution in [2.75, 3.05) is 12.9 Å². The Kier molecular flexibility index (Phi) is 3.95. The monoisotopic (exact) mass is 214 g/mol. The highest BCUT2D eigenvalue weighted by atomic mass is 32.2. The van der Waals surface area contributed by atoms with E-state index in [0.29, 0.717) is 23.5 Å². The number of carbonyl (C=O) groups excluding carboxylic acids is 1. The maximum atomic E-state index is 13.0. The van der Waals surface area contributed by atoms with Gasteiger partial charge >= 0.3 is 0 Å². The van der Waals surface area contributed by atoms with Gasteiger partial charge in [0.15, 0.2) is 6.29 Å². The minimum Gasteiger partial charge on any atom is -0.492 e. The van der Waals surface area contributed by atoms with E-state index in [1.807, 2.05) is 13.2 Å². The summed E-state index contributed by atoms with van der Waals surface area (Å²) < 4.78 is 18.3. The Hall–Kier alpha value is -1.03. The second-order valence-electron chi connectivity index (χ2n) is 2.58. The SMILES string of the molecule is CCOc1c(C=O)cc(F)cc1SC. The molecular formula is C10H11FO2S. The summed E-state index contributed by atoms with van der Waals surface area (Å²) in [6, 6.07) is 2.54. The van der Waals surface area contributed by atoms with E-state index in [2.05, 4.69) is 0 Å². The molecule has 0 aliphatic carbocycles. The van der Waals surface area contributed by atoms with Crippen LogP contribution in [0.2, 0.25) is 0 Å². The molecule has 1 aromatic carbocycles. The fraction of sp³-hybridized carbons (Fsp3) is 0.300. The Bertz CT molecular complexity index is 339. The molecule has 0 saturated carbocycles. The van der Waals surface area contributed by atoms with E-state index < -0.39 is 5.82 Å². The van der Waals surface area contributed by atoms with Crippen molar-refractivity contribution in [2.45, 2.75) is 11.8 Å². The van der Waals surface area contributed by atoms with Gasteiger partial charge in [-0.1, -0.05) is 0 Å². The van der Waals surface area contributed by atoms with E-state index in [-0.39, 0.29) is 5.56 Å². The minimum atomic E-state index is -0.417. The normalized spacial score (nSPS) is 9.93. The Morgan fingerprint density at radius 3 is 2.79 bits per heavy atom. The number of ether oxygens (including phenoxy) is 1. The smallest absolute Gasteiger partial charge is 0.153 e. The zero-order valence-corrected chi connectivity index (χ0v) is 8.86. The van der Waals surface area contributed by atoms with E-state index in [0.717, 1.165) is 0 Å². The number of rotatable bonds is 4. The first-order valence-electron chi connectivity index (χ1n) is 4.18. The maximum absolute atomic E-state index is 13.0. The van der Waals surface area contributed by atoms with Crippen molar-refractivity contribution < 1.29 is 13.9 Å². The van der Waals surface area contributed by atoms with Crippen LogP contribution in [0.25, 0.3) is 0 Å². The second kappa shape index (κ2) is 5.00. The van der Waals surface area contributed by atoms with E-state index in [1.165, 1.54) is 23.9 Å². The number of hydrogen-bond donors (Lipinski definition) is 0. The lowest BCUT2D eigenvalue weighted by molar-refractivity contribution is 0.111. The average Bonchev–Trinajstić information content (AvgIpc) is 2.20. The van der Waals surface area contributed by atoms with Gasteiger partial charge in [0.2, 0.25) is 0 Å². The van der Waals surface area contributed by atoms with Gasteiger partial charge in [-0.2, -0.15) is 0 Å². The highest BCUT2D eigenvalue weighted by molar-refractivity contribution is 7.98. The lowest BCUT2D eigenvalue weighted by atomic mass is 10.2. The molecular weight excluding hydrogens is 203 g/mol. The third-order valence-corrected chi connectivity index (χ3v) is 2.43. The van der Waals surface area contributed by atoms with Crippen LogP contribution in [-0.4, -0.2) is 19.1 Å². The van der Waals surface area contributed by atoms with E-state index in [1.54, 1.807) is 0 Å². The minimum absolute atomic E-state index is 0.260. The molecule has 2 nitrogen and oxygen atoms in total. The number of halogens is 1. The summed E-state index contributed by atoms with van der Waals surface area (Å²) in [6.45, 7) is 2.28. The number of benzene rings is 1. The molecule has 0 atom stereocenters. The first kappa shape index (κ1) is 11.0. The fourth-order valence-corrected chi connectivity index (χ4v) is 1.72. The third-order valence-electron chi connectivity index (χ3n) is 1.68. The standard InChI is InChI=1S/C10H11FO2S/c1-3-13-10-7(6-12)4-8(11)5-9(10)14-2/h4-6H,3H2,1-2H3. The Morgan fingerprint density at radius 2 is 2.29 bits per heavy atom. The molecule has 14 heavy (non-hydrogen) atoms. The Labute approximate surface area is 86.5 Å². The van der Waals surface area contributed by atoms with Crippen LogP contribution < -0.4 is 4.74 Å². The lowest BCUT2D eigenvalue weighted by Gasteiger charge is -2.10. The van der Waals surface area contributed by atoms with Crippen LogP contribution >= 0.6 is 11.8 Å². The lowest BCUT2D eigenvalue weighted by Crippen LogP contribution is -1.98. The average molecular weight is 214 g/mol. The number of aldehydes is 1. The van der Waals surface area contributed by atoms with Gasteiger partial charge in [-0.25, -0.2) is 4.39 Å². The van der Waals surface area contributed by atoms with Gasteiger partial charge < -0.3 is 4.74 Å². The molecule has 0 radical (unpaired) electrons. The molecule has 76 valence electrons. The zero-order valence-electron chi connectivity index (χ0n) is 8.04. The highest BCUT2D eigenvalue weighted by Crippen LogP contribution is 2.31. The van der Waals surface area contributed by atoms with Crippen molar-refractivity contribution >= 4 is 18.0 Å². The quantitative estimate of drug-likeness (QED) is 0.569. The van der Waals surface area contributed by atoms with E-state index in [9.17, 15) is 9.18 Å². The third kappa shape index (κ3) is 2.26. The number of thioether (sulfide) groups is 1. The van der Waals surface area contributed by atoms with Gasteiger partial charge in [-0.05, 0) is 25.3 Å². The van der Waals surface area contributed by atoms with Gasteiger partial charge in [0.1, 0.15) is 11.6 Å². The summed E-state index contributed by atoms with van der Waals surface area (Å²) in [6.07, 6.45) is 2.42. The topological polar surface area (TPSA) is 26.3 Å². The fourth-order valence-electron chi connectivity index (χ4n) is 1.13.